The molecular weight excluding hydrogens is 460 g/mol. The molecule has 34 heavy (non-hydrogen) atoms. The van der Waals surface area contributed by atoms with Crippen molar-refractivity contribution in [3.63, 3.8) is 0 Å². The van der Waals surface area contributed by atoms with Gasteiger partial charge in [-0.25, -0.2) is 9.78 Å². The predicted octanol–water partition coefficient (Wildman–Crippen LogP) is 3.07. The molecule has 3 aromatic rings. The van der Waals surface area contributed by atoms with E-state index in [0.29, 0.717) is 11.4 Å². The molecule has 1 aromatic heterocycles. The fourth-order valence-corrected chi connectivity index (χ4v) is 4.30. The molecular formula is C24H23ClN4O5. The molecule has 1 atom stereocenters. The zero-order chi connectivity index (χ0) is 24.5. The van der Waals surface area contributed by atoms with Gasteiger partial charge in [0.2, 0.25) is 5.91 Å². The molecule has 0 radical (unpaired) electrons. The van der Waals surface area contributed by atoms with Crippen LogP contribution in [0.3, 0.4) is 0 Å². The quantitative estimate of drug-likeness (QED) is 0.542. The van der Waals surface area contributed by atoms with Gasteiger partial charge in [0.25, 0.3) is 5.91 Å². The first-order chi connectivity index (χ1) is 16.3. The summed E-state index contributed by atoms with van der Waals surface area (Å²) in [5.74, 6) is -1.28. The lowest BCUT2D eigenvalue weighted by Crippen LogP contribution is -2.64. The molecule has 0 bridgehead atoms. The Morgan fingerprint density at radius 2 is 1.91 bits per heavy atom. The van der Waals surface area contributed by atoms with Crippen molar-refractivity contribution < 1.29 is 23.9 Å². The van der Waals surface area contributed by atoms with E-state index in [2.05, 4.69) is 10.3 Å². The van der Waals surface area contributed by atoms with Crippen LogP contribution >= 0.6 is 11.6 Å². The number of halogens is 1. The molecule has 10 heteroatoms. The lowest BCUT2D eigenvalue weighted by Gasteiger charge is -2.43. The SMILES string of the molecule is COC(=O)c1ncn2c1C(=O)N(c1ccc(OC)c(Cl)c1)[C@](C)(C(=O)NCc1ccccc1)C2. The van der Waals surface area contributed by atoms with Crippen LogP contribution in [-0.4, -0.2) is 47.1 Å². The molecule has 0 aliphatic carbocycles. The van der Waals surface area contributed by atoms with Crippen molar-refractivity contribution in [3.8, 4) is 5.75 Å². The van der Waals surface area contributed by atoms with Crippen molar-refractivity contribution in [3.05, 3.63) is 76.8 Å². The molecule has 9 nitrogen and oxygen atoms in total. The van der Waals surface area contributed by atoms with Gasteiger partial charge in [0.15, 0.2) is 5.69 Å². The molecule has 0 saturated heterocycles. The van der Waals surface area contributed by atoms with E-state index in [-0.39, 0.29) is 35.4 Å². The van der Waals surface area contributed by atoms with Crippen molar-refractivity contribution in [2.45, 2.75) is 25.6 Å². The van der Waals surface area contributed by atoms with Crippen molar-refractivity contribution >= 4 is 35.1 Å². The molecule has 1 aliphatic rings. The number of amides is 2. The maximum Gasteiger partial charge on any atom is 0.359 e. The first kappa shape index (κ1) is 23.3. The zero-order valence-electron chi connectivity index (χ0n) is 18.9. The number of methoxy groups -OCH3 is 2. The number of nitrogens with zero attached hydrogens (tertiary/aromatic N) is 3. The minimum absolute atomic E-state index is 0.0344. The minimum Gasteiger partial charge on any atom is -0.495 e. The van der Waals surface area contributed by atoms with Crippen molar-refractivity contribution in [1.29, 1.82) is 0 Å². The van der Waals surface area contributed by atoms with Crippen LogP contribution in [0, 0.1) is 0 Å². The standard InChI is InChI=1S/C24H23ClN4O5/c1-24(23(32)26-12-15-7-5-4-6-8-15)13-28-14-27-19(22(31)34-3)20(28)21(30)29(24)16-9-10-18(33-2)17(25)11-16/h4-11,14H,12-13H2,1-3H3,(H,26,32)/t24-/m0/s1. The van der Waals surface area contributed by atoms with Crippen molar-refractivity contribution in [2.75, 3.05) is 19.1 Å². The summed E-state index contributed by atoms with van der Waals surface area (Å²) < 4.78 is 11.5. The predicted molar refractivity (Wildman–Crippen MR) is 125 cm³/mol. The van der Waals surface area contributed by atoms with Gasteiger partial charge >= 0.3 is 5.97 Å². The normalized spacial score (nSPS) is 17.2. The second kappa shape index (κ2) is 9.18. The molecule has 2 amide bonds. The van der Waals surface area contributed by atoms with Gasteiger partial charge < -0.3 is 19.4 Å². The highest BCUT2D eigenvalue weighted by molar-refractivity contribution is 6.32. The maximum atomic E-state index is 13.8. The van der Waals surface area contributed by atoms with Crippen LogP contribution in [0.5, 0.6) is 5.75 Å². The van der Waals surface area contributed by atoms with E-state index in [1.54, 1.807) is 25.1 Å². The Morgan fingerprint density at radius 1 is 1.18 bits per heavy atom. The van der Waals surface area contributed by atoms with Gasteiger partial charge in [0.05, 0.1) is 32.1 Å². The minimum atomic E-state index is -1.36. The van der Waals surface area contributed by atoms with E-state index < -0.39 is 17.4 Å². The van der Waals surface area contributed by atoms with Crippen molar-refractivity contribution in [2.24, 2.45) is 0 Å². The fraction of sp³-hybridized carbons (Fsp3) is 0.250. The highest BCUT2D eigenvalue weighted by Crippen LogP contribution is 2.37. The van der Waals surface area contributed by atoms with Crippen LogP contribution in [0.25, 0.3) is 0 Å². The van der Waals surface area contributed by atoms with Crippen LogP contribution in [0.15, 0.2) is 54.9 Å². The molecule has 0 spiro atoms. The third kappa shape index (κ3) is 3.99. The van der Waals surface area contributed by atoms with E-state index in [1.807, 2.05) is 30.3 Å². The average molecular weight is 483 g/mol. The number of rotatable bonds is 6. The molecule has 0 saturated carbocycles. The topological polar surface area (TPSA) is 103 Å². The highest BCUT2D eigenvalue weighted by Gasteiger charge is 2.49. The van der Waals surface area contributed by atoms with Gasteiger partial charge in [-0.15, -0.1) is 0 Å². The third-order valence-corrected chi connectivity index (χ3v) is 6.07. The number of carbonyl (C=O) groups excluding carboxylic acids is 3. The summed E-state index contributed by atoms with van der Waals surface area (Å²) in [6.07, 6.45) is 1.36. The van der Waals surface area contributed by atoms with Crippen molar-refractivity contribution in [1.82, 2.24) is 14.9 Å². The number of hydrogen-bond acceptors (Lipinski definition) is 6. The molecule has 176 valence electrons. The number of benzene rings is 2. The maximum absolute atomic E-state index is 13.8. The van der Waals surface area contributed by atoms with Gasteiger partial charge in [0, 0.05) is 12.2 Å². The Hall–Kier alpha value is -3.85. The summed E-state index contributed by atoms with van der Waals surface area (Å²) in [4.78, 5) is 45.0. The van der Waals surface area contributed by atoms with Crippen LogP contribution in [-0.2, 0) is 22.6 Å². The number of esters is 1. The molecule has 2 aromatic carbocycles. The summed E-state index contributed by atoms with van der Waals surface area (Å²) in [6, 6.07) is 14.2. The van der Waals surface area contributed by atoms with Crippen LogP contribution in [0.4, 0.5) is 5.69 Å². The summed E-state index contributed by atoms with van der Waals surface area (Å²) in [6.45, 7) is 2.00. The Kier molecular flexibility index (Phi) is 6.30. The number of fused-ring (bicyclic) bond motifs is 1. The fourth-order valence-electron chi connectivity index (χ4n) is 4.04. The third-order valence-electron chi connectivity index (χ3n) is 5.77. The number of ether oxygens (including phenoxy) is 2. The first-order valence-corrected chi connectivity index (χ1v) is 10.8. The Balaban J connectivity index is 1.78. The van der Waals surface area contributed by atoms with Gasteiger partial charge in [-0.1, -0.05) is 41.9 Å². The first-order valence-electron chi connectivity index (χ1n) is 10.4. The Morgan fingerprint density at radius 3 is 2.56 bits per heavy atom. The summed E-state index contributed by atoms with van der Waals surface area (Å²) in [5.41, 5.74) is -0.158. The lowest BCUT2D eigenvalue weighted by atomic mass is 9.93. The van der Waals surface area contributed by atoms with Gasteiger partial charge in [-0.05, 0) is 30.7 Å². The van der Waals surface area contributed by atoms with E-state index >= 15 is 0 Å². The number of nitrogens with one attached hydrogen (secondary N) is 1. The second-order valence-electron chi connectivity index (χ2n) is 7.96. The van der Waals surface area contributed by atoms with E-state index in [1.165, 1.54) is 30.0 Å². The van der Waals surface area contributed by atoms with E-state index in [4.69, 9.17) is 21.1 Å². The molecule has 0 fully saturated rings. The number of carbonyl (C=O) groups is 3. The smallest absolute Gasteiger partial charge is 0.359 e. The zero-order valence-corrected chi connectivity index (χ0v) is 19.6. The summed E-state index contributed by atoms with van der Waals surface area (Å²) in [7, 11) is 2.69. The van der Waals surface area contributed by atoms with Crippen LogP contribution in [0.1, 0.15) is 33.5 Å². The molecule has 4 rings (SSSR count). The largest absolute Gasteiger partial charge is 0.495 e. The monoisotopic (exact) mass is 482 g/mol. The number of hydrogen-bond donors (Lipinski definition) is 1. The van der Waals surface area contributed by atoms with E-state index in [9.17, 15) is 14.4 Å². The lowest BCUT2D eigenvalue weighted by molar-refractivity contribution is -0.126. The average Bonchev–Trinajstić information content (AvgIpc) is 3.26. The molecule has 2 heterocycles. The Labute approximate surface area is 201 Å². The molecule has 1 aliphatic heterocycles. The van der Waals surface area contributed by atoms with Crippen LogP contribution in [0.2, 0.25) is 5.02 Å². The summed E-state index contributed by atoms with van der Waals surface area (Å²) >= 11 is 6.34. The molecule has 0 unspecified atom stereocenters. The number of aromatic nitrogens is 2. The Bertz CT molecular complexity index is 1260. The number of imidazole rings is 1. The number of anilines is 1. The summed E-state index contributed by atoms with van der Waals surface area (Å²) in [5, 5.41) is 3.19. The second-order valence-corrected chi connectivity index (χ2v) is 8.37. The highest BCUT2D eigenvalue weighted by atomic mass is 35.5. The van der Waals surface area contributed by atoms with Gasteiger partial charge in [-0.3, -0.25) is 14.5 Å². The molecule has 1 N–H and O–H groups in total. The van der Waals surface area contributed by atoms with Gasteiger partial charge in [0.1, 0.15) is 17.0 Å². The van der Waals surface area contributed by atoms with Gasteiger partial charge in [-0.2, -0.15) is 0 Å². The van der Waals surface area contributed by atoms with E-state index in [0.717, 1.165) is 5.56 Å². The van der Waals surface area contributed by atoms with Crippen LogP contribution < -0.4 is 15.0 Å².